The first kappa shape index (κ1) is 19.9. The largest absolute Gasteiger partial charge is 0.357 e. The van der Waals surface area contributed by atoms with Crippen LogP contribution in [-0.2, 0) is 19.5 Å². The maximum absolute atomic E-state index is 4.70. The highest BCUT2D eigenvalue weighted by Gasteiger charge is 2.07. The van der Waals surface area contributed by atoms with Gasteiger partial charge in [-0.2, -0.15) is 0 Å². The number of aryl methyl sites for hydroxylation is 1. The Hall–Kier alpha value is -1.15. The van der Waals surface area contributed by atoms with Crippen molar-refractivity contribution in [1.82, 2.24) is 15.2 Å². The molecule has 0 aliphatic rings. The van der Waals surface area contributed by atoms with Crippen LogP contribution in [0.4, 0.5) is 0 Å². The summed E-state index contributed by atoms with van der Waals surface area (Å²) in [5.74, 6) is 0.914. The Morgan fingerprint density at radius 2 is 2.00 bits per heavy atom. The summed E-state index contributed by atoms with van der Waals surface area (Å²) in [4.78, 5) is 11.4. The van der Waals surface area contributed by atoms with Crippen molar-refractivity contribution in [2.24, 2.45) is 4.99 Å². The maximum atomic E-state index is 4.70. The zero-order valence-corrected chi connectivity index (χ0v) is 17.1. The summed E-state index contributed by atoms with van der Waals surface area (Å²) in [7, 11) is 2.06. The smallest absolute Gasteiger partial charge is 0.194 e. The molecule has 6 heteroatoms. The fraction of sp³-hybridized carbons (Fsp3) is 0.412. The minimum atomic E-state index is 0. The van der Waals surface area contributed by atoms with Crippen LogP contribution in [-0.4, -0.2) is 29.4 Å². The molecule has 0 fully saturated rings. The van der Waals surface area contributed by atoms with E-state index in [9.17, 15) is 0 Å². The Balaban J connectivity index is 0.00000264. The molecule has 0 atom stereocenters. The summed E-state index contributed by atoms with van der Waals surface area (Å²) in [6.45, 7) is 6.53. The van der Waals surface area contributed by atoms with E-state index in [1.54, 1.807) is 11.3 Å². The number of benzene rings is 1. The summed E-state index contributed by atoms with van der Waals surface area (Å²) in [6.07, 6.45) is 0.988. The lowest BCUT2D eigenvalue weighted by atomic mass is 10.2. The minimum absolute atomic E-state index is 0. The SMILES string of the molecule is CCNC(=NCc1csc(CC)n1)N(C)Cc1ccccc1.I. The van der Waals surface area contributed by atoms with Crippen LogP contribution in [0.5, 0.6) is 0 Å². The number of hydrogen-bond acceptors (Lipinski definition) is 3. The molecule has 0 aliphatic carbocycles. The first-order chi connectivity index (χ1) is 10.7. The number of aliphatic imine (C=N–C) groups is 1. The van der Waals surface area contributed by atoms with Gasteiger partial charge in [-0.3, -0.25) is 0 Å². The quantitative estimate of drug-likeness (QED) is 0.417. The van der Waals surface area contributed by atoms with E-state index in [4.69, 9.17) is 4.99 Å². The fourth-order valence-corrected chi connectivity index (χ4v) is 2.88. The minimum Gasteiger partial charge on any atom is -0.357 e. The Bertz CT molecular complexity index is 598. The van der Waals surface area contributed by atoms with Crippen molar-refractivity contribution in [2.45, 2.75) is 33.4 Å². The first-order valence-electron chi connectivity index (χ1n) is 7.69. The van der Waals surface area contributed by atoms with Crippen LogP contribution in [0, 0.1) is 0 Å². The standard InChI is InChI=1S/C17H24N4S.HI/c1-4-16-20-15(13-22-16)11-19-17(18-5-2)21(3)12-14-9-7-6-8-10-14;/h6-10,13H,4-5,11-12H2,1-3H3,(H,18,19);1H. The highest BCUT2D eigenvalue weighted by molar-refractivity contribution is 14.0. The van der Waals surface area contributed by atoms with Crippen LogP contribution < -0.4 is 5.32 Å². The van der Waals surface area contributed by atoms with E-state index in [0.29, 0.717) is 6.54 Å². The van der Waals surface area contributed by atoms with E-state index in [2.05, 4.69) is 65.7 Å². The monoisotopic (exact) mass is 444 g/mol. The Morgan fingerprint density at radius 3 is 2.61 bits per heavy atom. The molecule has 0 unspecified atom stereocenters. The molecule has 0 saturated heterocycles. The lowest BCUT2D eigenvalue weighted by Crippen LogP contribution is -2.38. The average molecular weight is 444 g/mol. The maximum Gasteiger partial charge on any atom is 0.194 e. The lowest BCUT2D eigenvalue weighted by Gasteiger charge is -2.22. The van der Waals surface area contributed by atoms with E-state index in [-0.39, 0.29) is 24.0 Å². The molecule has 1 aromatic carbocycles. The van der Waals surface area contributed by atoms with Gasteiger partial charge in [-0.05, 0) is 18.9 Å². The Kier molecular flexibility index (Phi) is 9.16. The number of rotatable bonds is 6. The molecule has 2 rings (SSSR count). The number of aromatic nitrogens is 1. The lowest BCUT2D eigenvalue weighted by molar-refractivity contribution is 0.476. The summed E-state index contributed by atoms with van der Waals surface area (Å²) < 4.78 is 0. The van der Waals surface area contributed by atoms with Crippen molar-refractivity contribution < 1.29 is 0 Å². The summed E-state index contributed by atoms with van der Waals surface area (Å²) in [6, 6.07) is 10.4. The molecule has 1 heterocycles. The normalized spacial score (nSPS) is 11.0. The molecule has 1 aromatic heterocycles. The van der Waals surface area contributed by atoms with Crippen LogP contribution in [0.3, 0.4) is 0 Å². The van der Waals surface area contributed by atoms with Gasteiger partial charge in [0.2, 0.25) is 0 Å². The van der Waals surface area contributed by atoms with Gasteiger partial charge in [-0.25, -0.2) is 9.98 Å². The highest BCUT2D eigenvalue weighted by Crippen LogP contribution is 2.11. The van der Waals surface area contributed by atoms with Crippen molar-refractivity contribution in [3.05, 3.63) is 52.0 Å². The molecule has 0 radical (unpaired) electrons. The van der Waals surface area contributed by atoms with Crippen LogP contribution >= 0.6 is 35.3 Å². The second-order valence-corrected chi connectivity index (χ2v) is 6.04. The van der Waals surface area contributed by atoms with Gasteiger partial charge < -0.3 is 10.2 Å². The fourth-order valence-electron chi connectivity index (χ4n) is 2.14. The van der Waals surface area contributed by atoms with Crippen molar-refractivity contribution in [3.63, 3.8) is 0 Å². The predicted molar refractivity (Wildman–Crippen MR) is 110 cm³/mol. The third-order valence-electron chi connectivity index (χ3n) is 3.25. The van der Waals surface area contributed by atoms with Gasteiger partial charge in [0.05, 0.1) is 17.2 Å². The summed E-state index contributed by atoms with van der Waals surface area (Å²) in [5.41, 5.74) is 2.32. The van der Waals surface area contributed by atoms with Gasteiger partial charge >= 0.3 is 0 Å². The molecule has 4 nitrogen and oxygen atoms in total. The van der Waals surface area contributed by atoms with E-state index in [0.717, 1.165) is 31.2 Å². The third kappa shape index (κ3) is 6.47. The molecule has 126 valence electrons. The topological polar surface area (TPSA) is 40.5 Å². The first-order valence-corrected chi connectivity index (χ1v) is 8.57. The molecule has 0 amide bonds. The number of guanidine groups is 1. The van der Waals surface area contributed by atoms with E-state index in [1.165, 1.54) is 10.6 Å². The number of hydrogen-bond donors (Lipinski definition) is 1. The van der Waals surface area contributed by atoms with Gasteiger partial charge in [0, 0.05) is 25.5 Å². The zero-order valence-electron chi connectivity index (χ0n) is 14.0. The van der Waals surface area contributed by atoms with Gasteiger partial charge in [0.15, 0.2) is 5.96 Å². The molecule has 0 saturated carbocycles. The second kappa shape index (κ2) is 10.6. The van der Waals surface area contributed by atoms with Crippen LogP contribution in [0.1, 0.15) is 30.1 Å². The molecule has 0 aliphatic heterocycles. The summed E-state index contributed by atoms with van der Waals surface area (Å²) in [5, 5.41) is 6.62. The van der Waals surface area contributed by atoms with Crippen LogP contribution in [0.15, 0.2) is 40.7 Å². The average Bonchev–Trinajstić information content (AvgIpc) is 3.00. The molecular formula is C17H25IN4S. The van der Waals surface area contributed by atoms with Crippen molar-refractivity contribution in [3.8, 4) is 0 Å². The Morgan fingerprint density at radius 1 is 1.26 bits per heavy atom. The third-order valence-corrected chi connectivity index (χ3v) is 4.29. The van der Waals surface area contributed by atoms with Crippen LogP contribution in [0.25, 0.3) is 0 Å². The number of nitrogens with one attached hydrogen (secondary N) is 1. The molecular weight excluding hydrogens is 419 g/mol. The van der Waals surface area contributed by atoms with Crippen molar-refractivity contribution in [2.75, 3.05) is 13.6 Å². The zero-order chi connectivity index (χ0) is 15.8. The Labute approximate surface area is 160 Å². The molecule has 2 aromatic rings. The molecule has 23 heavy (non-hydrogen) atoms. The number of thiazole rings is 1. The van der Waals surface area contributed by atoms with Gasteiger partial charge in [-0.15, -0.1) is 35.3 Å². The van der Waals surface area contributed by atoms with Gasteiger partial charge in [0.1, 0.15) is 0 Å². The highest BCUT2D eigenvalue weighted by atomic mass is 127. The number of halogens is 1. The van der Waals surface area contributed by atoms with Crippen molar-refractivity contribution >= 4 is 41.3 Å². The van der Waals surface area contributed by atoms with Gasteiger partial charge in [-0.1, -0.05) is 37.3 Å². The van der Waals surface area contributed by atoms with E-state index < -0.39 is 0 Å². The predicted octanol–water partition coefficient (Wildman–Crippen LogP) is 3.92. The van der Waals surface area contributed by atoms with Gasteiger partial charge in [0.25, 0.3) is 0 Å². The van der Waals surface area contributed by atoms with E-state index in [1.807, 2.05) is 6.07 Å². The molecule has 0 bridgehead atoms. The summed E-state index contributed by atoms with van der Waals surface area (Å²) >= 11 is 1.71. The molecule has 0 spiro atoms. The number of nitrogens with zero attached hydrogens (tertiary/aromatic N) is 3. The molecule has 1 N–H and O–H groups in total. The van der Waals surface area contributed by atoms with Crippen molar-refractivity contribution in [1.29, 1.82) is 0 Å². The van der Waals surface area contributed by atoms with Crippen LogP contribution in [0.2, 0.25) is 0 Å². The van der Waals surface area contributed by atoms with E-state index >= 15 is 0 Å². The second-order valence-electron chi connectivity index (χ2n) is 5.10.